The average Bonchev–Trinajstić information content (AvgIpc) is 2.49. The fraction of sp³-hybridized carbons (Fsp3) is 0.235. The minimum absolute atomic E-state index is 0.172. The van der Waals surface area contributed by atoms with Crippen molar-refractivity contribution in [1.29, 1.82) is 0 Å². The second-order valence-corrected chi connectivity index (χ2v) is 4.70. The molecular formula is C17H19NO3. The molecule has 2 aromatic carbocycles. The molecule has 0 spiro atoms. The number of nitrogens with one attached hydrogen (secondary N) is 1. The standard InChI is InChI=1S/C17H19NO3/c1-2-21-17(20)12-18-15-7-3-13(4-8-15)11-14-5-9-16(19)10-6-14/h3-10,18-19H,2,11-12H2,1H3. The molecule has 0 radical (unpaired) electrons. The highest BCUT2D eigenvalue weighted by Gasteiger charge is 2.01. The van der Waals surface area contributed by atoms with Crippen LogP contribution in [0.1, 0.15) is 18.1 Å². The first kappa shape index (κ1) is 14.9. The van der Waals surface area contributed by atoms with Crippen molar-refractivity contribution in [3.63, 3.8) is 0 Å². The lowest BCUT2D eigenvalue weighted by atomic mass is 10.0. The molecular weight excluding hydrogens is 266 g/mol. The van der Waals surface area contributed by atoms with Gasteiger partial charge in [-0.3, -0.25) is 4.79 Å². The van der Waals surface area contributed by atoms with E-state index < -0.39 is 0 Å². The summed E-state index contributed by atoms with van der Waals surface area (Å²) in [6.07, 6.45) is 0.804. The van der Waals surface area contributed by atoms with Gasteiger partial charge in [-0.15, -0.1) is 0 Å². The number of hydrogen-bond donors (Lipinski definition) is 2. The molecule has 2 rings (SSSR count). The third-order valence-electron chi connectivity index (χ3n) is 3.04. The van der Waals surface area contributed by atoms with E-state index >= 15 is 0 Å². The molecule has 0 unspecified atom stereocenters. The minimum Gasteiger partial charge on any atom is -0.508 e. The number of ether oxygens (including phenoxy) is 1. The van der Waals surface area contributed by atoms with Gasteiger partial charge in [0, 0.05) is 5.69 Å². The zero-order chi connectivity index (χ0) is 15.1. The van der Waals surface area contributed by atoms with Crippen LogP contribution in [0.15, 0.2) is 48.5 Å². The number of hydrogen-bond acceptors (Lipinski definition) is 4. The molecule has 0 aliphatic heterocycles. The third-order valence-corrected chi connectivity index (χ3v) is 3.04. The predicted molar refractivity (Wildman–Crippen MR) is 82.5 cm³/mol. The summed E-state index contributed by atoms with van der Waals surface area (Å²) in [7, 11) is 0. The molecule has 0 aromatic heterocycles. The Morgan fingerprint density at radius 2 is 1.62 bits per heavy atom. The van der Waals surface area contributed by atoms with Gasteiger partial charge in [0.1, 0.15) is 12.3 Å². The molecule has 0 bridgehead atoms. The van der Waals surface area contributed by atoms with Crippen molar-refractivity contribution in [3.05, 3.63) is 59.7 Å². The van der Waals surface area contributed by atoms with Crippen molar-refractivity contribution in [3.8, 4) is 5.75 Å². The van der Waals surface area contributed by atoms with E-state index in [1.165, 1.54) is 5.56 Å². The molecule has 4 heteroatoms. The summed E-state index contributed by atoms with van der Waals surface area (Å²) in [5.41, 5.74) is 3.19. The van der Waals surface area contributed by atoms with Gasteiger partial charge >= 0.3 is 5.97 Å². The highest BCUT2D eigenvalue weighted by Crippen LogP contribution is 2.16. The van der Waals surface area contributed by atoms with Crippen LogP contribution in [0.5, 0.6) is 5.75 Å². The van der Waals surface area contributed by atoms with Gasteiger partial charge in [-0.05, 0) is 48.7 Å². The summed E-state index contributed by atoms with van der Waals surface area (Å²) in [5, 5.41) is 12.3. The highest BCUT2D eigenvalue weighted by molar-refractivity contribution is 5.74. The van der Waals surface area contributed by atoms with Gasteiger partial charge in [-0.25, -0.2) is 0 Å². The van der Waals surface area contributed by atoms with Gasteiger partial charge in [0.15, 0.2) is 0 Å². The van der Waals surface area contributed by atoms with Crippen molar-refractivity contribution in [2.45, 2.75) is 13.3 Å². The molecule has 0 heterocycles. The summed E-state index contributed by atoms with van der Waals surface area (Å²) >= 11 is 0. The molecule has 0 saturated heterocycles. The van der Waals surface area contributed by atoms with Crippen molar-refractivity contribution < 1.29 is 14.6 Å². The van der Waals surface area contributed by atoms with Crippen LogP contribution in [0.2, 0.25) is 0 Å². The van der Waals surface area contributed by atoms with E-state index in [9.17, 15) is 9.90 Å². The van der Waals surface area contributed by atoms with E-state index in [2.05, 4.69) is 5.32 Å². The molecule has 110 valence electrons. The Morgan fingerprint density at radius 3 is 2.19 bits per heavy atom. The molecule has 2 aromatic rings. The summed E-state index contributed by atoms with van der Waals surface area (Å²) < 4.78 is 4.85. The number of carbonyl (C=O) groups excluding carboxylic acids is 1. The van der Waals surface area contributed by atoms with E-state index in [-0.39, 0.29) is 18.3 Å². The molecule has 0 aliphatic carbocycles. The van der Waals surface area contributed by atoms with E-state index in [0.717, 1.165) is 17.7 Å². The first-order valence-corrected chi connectivity index (χ1v) is 6.93. The number of anilines is 1. The van der Waals surface area contributed by atoms with Crippen LogP contribution < -0.4 is 5.32 Å². The summed E-state index contributed by atoms with van der Waals surface area (Å²) in [4.78, 5) is 11.2. The van der Waals surface area contributed by atoms with Crippen LogP contribution in [-0.4, -0.2) is 24.2 Å². The SMILES string of the molecule is CCOC(=O)CNc1ccc(Cc2ccc(O)cc2)cc1. The van der Waals surface area contributed by atoms with Gasteiger partial charge in [0.2, 0.25) is 0 Å². The summed E-state index contributed by atoms with van der Waals surface area (Å²) in [5.74, 6) is 0.0166. The Bertz CT molecular complexity index is 576. The Balaban J connectivity index is 1.89. The lowest BCUT2D eigenvalue weighted by Gasteiger charge is -2.07. The van der Waals surface area contributed by atoms with Crippen molar-refractivity contribution in [2.75, 3.05) is 18.5 Å². The highest BCUT2D eigenvalue weighted by atomic mass is 16.5. The maximum absolute atomic E-state index is 11.2. The Labute approximate surface area is 124 Å². The molecule has 0 aliphatic rings. The van der Waals surface area contributed by atoms with Gasteiger partial charge in [0.05, 0.1) is 6.61 Å². The second-order valence-electron chi connectivity index (χ2n) is 4.70. The zero-order valence-corrected chi connectivity index (χ0v) is 12.0. The quantitative estimate of drug-likeness (QED) is 0.801. The molecule has 0 atom stereocenters. The second kappa shape index (κ2) is 7.33. The first-order chi connectivity index (χ1) is 10.2. The van der Waals surface area contributed by atoms with Crippen LogP contribution in [-0.2, 0) is 16.0 Å². The van der Waals surface area contributed by atoms with Crippen LogP contribution in [0.25, 0.3) is 0 Å². The van der Waals surface area contributed by atoms with Crippen molar-refractivity contribution in [2.24, 2.45) is 0 Å². The lowest BCUT2D eigenvalue weighted by Crippen LogP contribution is -2.16. The number of carbonyl (C=O) groups is 1. The first-order valence-electron chi connectivity index (χ1n) is 6.93. The molecule has 0 saturated carbocycles. The Kier molecular flexibility index (Phi) is 5.21. The normalized spacial score (nSPS) is 10.1. The topological polar surface area (TPSA) is 58.6 Å². The zero-order valence-electron chi connectivity index (χ0n) is 12.0. The number of phenolic OH excluding ortho intramolecular Hbond substituents is 1. The summed E-state index contributed by atoms with van der Waals surface area (Å²) in [6.45, 7) is 2.35. The number of phenols is 1. The maximum Gasteiger partial charge on any atom is 0.325 e. The number of esters is 1. The predicted octanol–water partition coefficient (Wildman–Crippen LogP) is 2.96. The van der Waals surface area contributed by atoms with Crippen LogP contribution in [0.3, 0.4) is 0 Å². The molecule has 0 fully saturated rings. The van der Waals surface area contributed by atoms with Gasteiger partial charge in [0.25, 0.3) is 0 Å². The van der Waals surface area contributed by atoms with Crippen LogP contribution in [0, 0.1) is 0 Å². The van der Waals surface area contributed by atoms with Gasteiger partial charge in [-0.2, -0.15) is 0 Å². The fourth-order valence-corrected chi connectivity index (χ4v) is 1.98. The Hall–Kier alpha value is -2.49. The molecule has 2 N–H and O–H groups in total. The van der Waals surface area contributed by atoms with Crippen LogP contribution >= 0.6 is 0 Å². The van der Waals surface area contributed by atoms with Crippen molar-refractivity contribution in [1.82, 2.24) is 0 Å². The van der Waals surface area contributed by atoms with E-state index in [1.807, 2.05) is 36.4 Å². The maximum atomic E-state index is 11.2. The minimum atomic E-state index is -0.259. The molecule has 21 heavy (non-hydrogen) atoms. The number of aromatic hydroxyl groups is 1. The van der Waals surface area contributed by atoms with E-state index in [1.54, 1.807) is 19.1 Å². The monoisotopic (exact) mass is 285 g/mol. The Morgan fingerprint density at radius 1 is 1.05 bits per heavy atom. The van der Waals surface area contributed by atoms with E-state index in [4.69, 9.17) is 4.74 Å². The number of rotatable bonds is 6. The largest absolute Gasteiger partial charge is 0.508 e. The van der Waals surface area contributed by atoms with Gasteiger partial charge in [-0.1, -0.05) is 24.3 Å². The lowest BCUT2D eigenvalue weighted by molar-refractivity contribution is -0.140. The van der Waals surface area contributed by atoms with Crippen molar-refractivity contribution >= 4 is 11.7 Å². The number of benzene rings is 2. The van der Waals surface area contributed by atoms with Crippen LogP contribution in [0.4, 0.5) is 5.69 Å². The fourth-order valence-electron chi connectivity index (χ4n) is 1.98. The third kappa shape index (κ3) is 4.84. The van der Waals surface area contributed by atoms with Gasteiger partial charge < -0.3 is 15.2 Å². The molecule has 4 nitrogen and oxygen atoms in total. The smallest absolute Gasteiger partial charge is 0.325 e. The summed E-state index contributed by atoms with van der Waals surface area (Å²) in [6, 6.07) is 15.1. The average molecular weight is 285 g/mol. The van der Waals surface area contributed by atoms with E-state index in [0.29, 0.717) is 6.61 Å². The molecule has 0 amide bonds.